The van der Waals surface area contributed by atoms with Gasteiger partial charge in [-0.15, -0.1) is 0 Å². The summed E-state index contributed by atoms with van der Waals surface area (Å²) < 4.78 is 0. The van der Waals surface area contributed by atoms with Gasteiger partial charge in [0.05, 0.1) is 4.92 Å². The lowest BCUT2D eigenvalue weighted by Crippen LogP contribution is -2.44. The molecule has 23 heavy (non-hydrogen) atoms. The van der Waals surface area contributed by atoms with Crippen LogP contribution in [-0.2, 0) is 4.79 Å². The van der Waals surface area contributed by atoms with Crippen LogP contribution < -0.4 is 5.73 Å². The number of carboxylic acids is 1. The summed E-state index contributed by atoms with van der Waals surface area (Å²) >= 11 is 0. The van der Waals surface area contributed by atoms with Gasteiger partial charge in [-0.2, -0.15) is 0 Å². The second-order valence-corrected chi connectivity index (χ2v) is 5.61. The molecule has 1 unspecified atom stereocenters. The normalized spacial score (nSPS) is 17.7. The third-order valence-corrected chi connectivity index (χ3v) is 4.05. The van der Waals surface area contributed by atoms with Crippen LogP contribution in [0.4, 0.5) is 11.4 Å². The fourth-order valence-electron chi connectivity index (χ4n) is 2.86. The minimum Gasteiger partial charge on any atom is -0.481 e. The molecule has 1 amide bonds. The van der Waals surface area contributed by atoms with Gasteiger partial charge in [-0.25, -0.2) is 0 Å². The van der Waals surface area contributed by atoms with Crippen molar-refractivity contribution < 1.29 is 19.6 Å². The van der Waals surface area contributed by atoms with Gasteiger partial charge >= 0.3 is 5.97 Å². The van der Waals surface area contributed by atoms with Crippen molar-refractivity contribution in [3.05, 3.63) is 33.9 Å². The van der Waals surface area contributed by atoms with E-state index < -0.39 is 10.9 Å². The van der Waals surface area contributed by atoms with Gasteiger partial charge < -0.3 is 15.7 Å². The molecular formula is C15H19N3O5. The van der Waals surface area contributed by atoms with Gasteiger partial charge in [0.1, 0.15) is 5.69 Å². The van der Waals surface area contributed by atoms with Crippen molar-refractivity contribution in [1.82, 2.24) is 4.90 Å². The van der Waals surface area contributed by atoms with Crippen LogP contribution in [0.3, 0.4) is 0 Å². The Kier molecular flexibility index (Phi) is 5.15. The Balaban J connectivity index is 2.21. The zero-order chi connectivity index (χ0) is 17.0. The number of carbonyl (C=O) groups is 2. The lowest BCUT2D eigenvalue weighted by Gasteiger charge is -2.35. The number of rotatable bonds is 5. The number of anilines is 1. The summed E-state index contributed by atoms with van der Waals surface area (Å²) in [7, 11) is 0. The number of aliphatic carboxylic acids is 1. The highest BCUT2D eigenvalue weighted by molar-refractivity contribution is 5.96. The molecule has 124 valence electrons. The molecule has 8 nitrogen and oxygen atoms in total. The van der Waals surface area contributed by atoms with E-state index in [4.69, 9.17) is 10.8 Å². The first-order valence-corrected chi connectivity index (χ1v) is 7.47. The predicted octanol–water partition coefficient (Wildman–Crippen LogP) is 2.04. The number of benzene rings is 1. The van der Waals surface area contributed by atoms with Crippen LogP contribution in [0.25, 0.3) is 0 Å². The highest BCUT2D eigenvalue weighted by Gasteiger charge is 2.28. The second kappa shape index (κ2) is 7.08. The van der Waals surface area contributed by atoms with E-state index in [-0.39, 0.29) is 35.3 Å². The first-order chi connectivity index (χ1) is 10.9. The van der Waals surface area contributed by atoms with Crippen LogP contribution in [-0.4, -0.2) is 39.4 Å². The maximum atomic E-state index is 12.7. The first kappa shape index (κ1) is 16.7. The number of nitrogens with two attached hydrogens (primary N) is 1. The number of hydrogen-bond donors (Lipinski definition) is 2. The lowest BCUT2D eigenvalue weighted by atomic mass is 9.96. The van der Waals surface area contributed by atoms with Gasteiger partial charge in [0.2, 0.25) is 0 Å². The Hall–Kier alpha value is -2.64. The molecular weight excluding hydrogens is 302 g/mol. The number of nitro benzene ring substituents is 1. The van der Waals surface area contributed by atoms with Crippen molar-refractivity contribution in [2.24, 2.45) is 0 Å². The molecule has 1 aliphatic rings. The molecule has 0 radical (unpaired) electrons. The standard InChI is InChI=1S/C15H19N3O5/c16-12-6-4-10(9-13(12)18(22)23)15(21)17-8-2-1-3-11(17)5-7-14(19)20/h4,6,9,11H,1-3,5,7-8,16H2,(H,19,20). The van der Waals surface area contributed by atoms with Crippen LogP contribution in [0, 0.1) is 10.1 Å². The average Bonchev–Trinajstić information content (AvgIpc) is 2.52. The van der Waals surface area contributed by atoms with Crippen molar-refractivity contribution in [3.8, 4) is 0 Å². The van der Waals surface area contributed by atoms with E-state index in [1.54, 1.807) is 4.90 Å². The minimum absolute atomic E-state index is 0.00364. The number of carboxylic acid groups (broad SMARTS) is 1. The molecule has 0 aromatic heterocycles. The van der Waals surface area contributed by atoms with E-state index in [0.29, 0.717) is 13.0 Å². The average molecular weight is 321 g/mol. The molecule has 1 atom stereocenters. The fourth-order valence-corrected chi connectivity index (χ4v) is 2.86. The fraction of sp³-hybridized carbons (Fsp3) is 0.467. The van der Waals surface area contributed by atoms with Gasteiger partial charge in [0.25, 0.3) is 11.6 Å². The lowest BCUT2D eigenvalue weighted by molar-refractivity contribution is -0.383. The topological polar surface area (TPSA) is 127 Å². The predicted molar refractivity (Wildman–Crippen MR) is 83.1 cm³/mol. The molecule has 1 aromatic rings. The quantitative estimate of drug-likeness (QED) is 0.485. The Morgan fingerprint density at radius 3 is 2.78 bits per heavy atom. The highest BCUT2D eigenvalue weighted by Crippen LogP contribution is 2.26. The molecule has 0 saturated carbocycles. The summed E-state index contributed by atoms with van der Waals surface area (Å²) in [6.07, 6.45) is 2.91. The number of nitro groups is 1. The highest BCUT2D eigenvalue weighted by atomic mass is 16.6. The molecule has 1 aromatic carbocycles. The van der Waals surface area contributed by atoms with Gasteiger partial charge in [-0.3, -0.25) is 19.7 Å². The van der Waals surface area contributed by atoms with Gasteiger partial charge in [0, 0.05) is 30.6 Å². The van der Waals surface area contributed by atoms with Crippen molar-refractivity contribution in [2.45, 2.75) is 38.1 Å². The van der Waals surface area contributed by atoms with Crippen molar-refractivity contribution in [3.63, 3.8) is 0 Å². The van der Waals surface area contributed by atoms with Crippen LogP contribution in [0.1, 0.15) is 42.5 Å². The third-order valence-electron chi connectivity index (χ3n) is 4.05. The molecule has 1 saturated heterocycles. The smallest absolute Gasteiger partial charge is 0.303 e. The van der Waals surface area contributed by atoms with E-state index in [0.717, 1.165) is 19.3 Å². The summed E-state index contributed by atoms with van der Waals surface area (Å²) in [5.41, 5.74) is 5.46. The summed E-state index contributed by atoms with van der Waals surface area (Å²) in [4.78, 5) is 35.4. The molecule has 3 N–H and O–H groups in total. The molecule has 1 aliphatic heterocycles. The summed E-state index contributed by atoms with van der Waals surface area (Å²) in [5, 5.41) is 19.8. The number of hydrogen-bond acceptors (Lipinski definition) is 5. The number of amides is 1. The zero-order valence-electron chi connectivity index (χ0n) is 12.6. The summed E-state index contributed by atoms with van der Waals surface area (Å²) in [5.74, 6) is -1.21. The van der Waals surface area contributed by atoms with E-state index in [2.05, 4.69) is 0 Å². The molecule has 0 spiro atoms. The van der Waals surface area contributed by atoms with Gasteiger partial charge in [-0.1, -0.05) is 0 Å². The largest absolute Gasteiger partial charge is 0.481 e. The van der Waals surface area contributed by atoms with E-state index in [1.807, 2.05) is 0 Å². The van der Waals surface area contributed by atoms with E-state index in [1.165, 1.54) is 18.2 Å². The second-order valence-electron chi connectivity index (χ2n) is 5.61. The first-order valence-electron chi connectivity index (χ1n) is 7.47. The van der Waals surface area contributed by atoms with Crippen molar-refractivity contribution >= 4 is 23.3 Å². The number of carbonyl (C=O) groups excluding carboxylic acids is 1. The Bertz CT molecular complexity index is 632. The Morgan fingerprint density at radius 1 is 1.39 bits per heavy atom. The maximum Gasteiger partial charge on any atom is 0.303 e. The minimum atomic E-state index is -0.897. The molecule has 0 aliphatic carbocycles. The monoisotopic (exact) mass is 321 g/mol. The number of piperidine rings is 1. The molecule has 1 heterocycles. The van der Waals surface area contributed by atoms with Crippen LogP contribution >= 0.6 is 0 Å². The SMILES string of the molecule is Nc1ccc(C(=O)N2CCCCC2CCC(=O)O)cc1[N+](=O)[O-]. The van der Waals surface area contributed by atoms with E-state index in [9.17, 15) is 19.7 Å². The van der Waals surface area contributed by atoms with Gasteiger partial charge in [0.15, 0.2) is 0 Å². The van der Waals surface area contributed by atoms with Crippen molar-refractivity contribution in [2.75, 3.05) is 12.3 Å². The van der Waals surface area contributed by atoms with Gasteiger partial charge in [-0.05, 0) is 37.8 Å². The number of nitrogen functional groups attached to an aromatic ring is 1. The van der Waals surface area contributed by atoms with Crippen LogP contribution in [0.5, 0.6) is 0 Å². The molecule has 8 heteroatoms. The molecule has 2 rings (SSSR count). The Labute approximate surface area is 133 Å². The Morgan fingerprint density at radius 2 is 2.13 bits per heavy atom. The molecule has 1 fully saturated rings. The summed E-state index contributed by atoms with van der Waals surface area (Å²) in [6.45, 7) is 0.529. The number of nitrogens with zero attached hydrogens (tertiary/aromatic N) is 2. The van der Waals surface area contributed by atoms with Crippen LogP contribution in [0.2, 0.25) is 0 Å². The van der Waals surface area contributed by atoms with Crippen LogP contribution in [0.15, 0.2) is 18.2 Å². The van der Waals surface area contributed by atoms with E-state index >= 15 is 0 Å². The maximum absolute atomic E-state index is 12.7. The number of likely N-dealkylation sites (tertiary alicyclic amines) is 1. The zero-order valence-corrected chi connectivity index (χ0v) is 12.6. The summed E-state index contributed by atoms with van der Waals surface area (Å²) in [6, 6.07) is 3.85. The third kappa shape index (κ3) is 3.97. The van der Waals surface area contributed by atoms with Crippen molar-refractivity contribution in [1.29, 1.82) is 0 Å². The molecule has 0 bridgehead atoms.